The maximum atomic E-state index is 8.64. The predicted molar refractivity (Wildman–Crippen MR) is 85.3 cm³/mol. The van der Waals surface area contributed by atoms with Crippen molar-refractivity contribution in [3.8, 4) is 11.8 Å². The van der Waals surface area contributed by atoms with E-state index in [2.05, 4.69) is 17.9 Å². The van der Waals surface area contributed by atoms with Gasteiger partial charge in [-0.2, -0.15) is 5.26 Å². The van der Waals surface area contributed by atoms with E-state index in [1.165, 1.54) is 38.8 Å². The van der Waals surface area contributed by atoms with Crippen LogP contribution in [0.4, 0.5) is 0 Å². The van der Waals surface area contributed by atoms with Gasteiger partial charge in [-0.1, -0.05) is 31.9 Å². The van der Waals surface area contributed by atoms with Crippen LogP contribution in [0, 0.1) is 17.2 Å². The Morgan fingerprint density at radius 1 is 1.24 bits per heavy atom. The van der Waals surface area contributed by atoms with Crippen LogP contribution in [0.2, 0.25) is 0 Å². The minimum atomic E-state index is 0.465. The van der Waals surface area contributed by atoms with Crippen LogP contribution in [0.25, 0.3) is 0 Å². The van der Waals surface area contributed by atoms with Gasteiger partial charge in [0.15, 0.2) is 0 Å². The number of likely N-dealkylation sites (tertiary alicyclic amines) is 1. The Hall–Kier alpha value is -1.53. The zero-order chi connectivity index (χ0) is 14.9. The third kappa shape index (κ3) is 5.40. The maximum absolute atomic E-state index is 8.64. The van der Waals surface area contributed by atoms with Gasteiger partial charge in [-0.3, -0.25) is 4.90 Å². The highest BCUT2D eigenvalue weighted by Gasteiger charge is 2.17. The monoisotopic (exact) mass is 286 g/mol. The summed E-state index contributed by atoms with van der Waals surface area (Å²) in [5.74, 6) is 1.84. The molecule has 0 atom stereocenters. The average Bonchev–Trinajstić information content (AvgIpc) is 2.51. The van der Waals surface area contributed by atoms with Crippen molar-refractivity contribution in [1.82, 2.24) is 4.90 Å². The summed E-state index contributed by atoms with van der Waals surface area (Å²) >= 11 is 0. The minimum Gasteiger partial charge on any atom is -0.492 e. The molecule has 1 saturated heterocycles. The summed E-state index contributed by atoms with van der Waals surface area (Å²) in [4.78, 5) is 2.51. The number of nitriles is 1. The van der Waals surface area contributed by atoms with Crippen LogP contribution in [0.5, 0.6) is 5.75 Å². The second-order valence-corrected chi connectivity index (χ2v) is 5.90. The molecule has 3 nitrogen and oxygen atoms in total. The summed E-state index contributed by atoms with van der Waals surface area (Å²) in [7, 11) is 0. The normalized spacial score (nSPS) is 16.6. The van der Waals surface area contributed by atoms with Crippen LogP contribution in [0.1, 0.15) is 38.2 Å². The van der Waals surface area contributed by atoms with Gasteiger partial charge in [-0.15, -0.1) is 0 Å². The van der Waals surface area contributed by atoms with Gasteiger partial charge in [0, 0.05) is 6.54 Å². The van der Waals surface area contributed by atoms with E-state index in [9.17, 15) is 0 Å². The van der Waals surface area contributed by atoms with Gasteiger partial charge in [0.25, 0.3) is 0 Å². The lowest BCUT2D eigenvalue weighted by Gasteiger charge is -2.31. The summed E-state index contributed by atoms with van der Waals surface area (Å²) in [6.45, 7) is 6.47. The Morgan fingerprint density at radius 2 is 1.95 bits per heavy atom. The molecular weight excluding hydrogens is 260 g/mol. The molecule has 0 saturated carbocycles. The van der Waals surface area contributed by atoms with E-state index >= 15 is 0 Å². The molecule has 0 bridgehead atoms. The summed E-state index contributed by atoms with van der Waals surface area (Å²) in [6.07, 6.45) is 5.86. The highest BCUT2D eigenvalue weighted by Crippen LogP contribution is 2.21. The number of ether oxygens (including phenoxy) is 1. The van der Waals surface area contributed by atoms with E-state index in [0.29, 0.717) is 6.42 Å². The van der Waals surface area contributed by atoms with E-state index in [4.69, 9.17) is 10.00 Å². The van der Waals surface area contributed by atoms with Gasteiger partial charge in [0.2, 0.25) is 0 Å². The summed E-state index contributed by atoms with van der Waals surface area (Å²) < 4.78 is 5.79. The number of piperidine rings is 1. The molecule has 1 aliphatic rings. The Morgan fingerprint density at radius 3 is 2.57 bits per heavy atom. The predicted octanol–water partition coefficient (Wildman–Crippen LogP) is 3.64. The lowest BCUT2D eigenvalue weighted by Crippen LogP contribution is -2.36. The maximum Gasteiger partial charge on any atom is 0.119 e. The summed E-state index contributed by atoms with van der Waals surface area (Å²) in [5.41, 5.74) is 1.04. The third-order valence-corrected chi connectivity index (χ3v) is 4.29. The highest BCUT2D eigenvalue weighted by molar-refractivity contribution is 5.28. The number of hydrogen-bond acceptors (Lipinski definition) is 3. The fourth-order valence-corrected chi connectivity index (χ4v) is 2.99. The lowest BCUT2D eigenvalue weighted by atomic mass is 9.92. The Kier molecular flexibility index (Phi) is 6.56. The SMILES string of the molecule is CCCC1CCN(CCOc2ccc(CC#N)cc2)CC1. The van der Waals surface area contributed by atoms with Gasteiger partial charge >= 0.3 is 0 Å². The van der Waals surface area contributed by atoms with Crippen molar-refractivity contribution in [1.29, 1.82) is 5.26 Å². The molecule has 1 fully saturated rings. The van der Waals surface area contributed by atoms with Crippen molar-refractivity contribution in [3.05, 3.63) is 29.8 Å². The molecule has 1 aromatic rings. The summed E-state index contributed by atoms with van der Waals surface area (Å²) in [5, 5.41) is 8.64. The molecule has 1 aliphatic heterocycles. The van der Waals surface area contributed by atoms with Crippen LogP contribution in [-0.4, -0.2) is 31.1 Å². The quantitative estimate of drug-likeness (QED) is 0.767. The summed E-state index contributed by atoms with van der Waals surface area (Å²) in [6, 6.07) is 10.0. The molecule has 1 aromatic carbocycles. The number of nitrogens with zero attached hydrogens (tertiary/aromatic N) is 2. The van der Waals surface area contributed by atoms with Crippen molar-refractivity contribution in [2.45, 2.75) is 39.0 Å². The van der Waals surface area contributed by atoms with Crippen LogP contribution in [-0.2, 0) is 6.42 Å². The fourth-order valence-electron chi connectivity index (χ4n) is 2.99. The molecule has 0 aliphatic carbocycles. The van der Waals surface area contributed by atoms with Crippen molar-refractivity contribution >= 4 is 0 Å². The van der Waals surface area contributed by atoms with Gasteiger partial charge in [0.1, 0.15) is 12.4 Å². The van der Waals surface area contributed by atoms with Gasteiger partial charge < -0.3 is 4.74 Å². The second-order valence-electron chi connectivity index (χ2n) is 5.90. The van der Waals surface area contributed by atoms with E-state index < -0.39 is 0 Å². The first-order chi connectivity index (χ1) is 10.3. The van der Waals surface area contributed by atoms with Crippen molar-refractivity contribution in [3.63, 3.8) is 0 Å². The molecular formula is C18H26N2O. The first-order valence-electron chi connectivity index (χ1n) is 8.13. The van der Waals surface area contributed by atoms with Crippen molar-refractivity contribution < 1.29 is 4.74 Å². The molecule has 0 N–H and O–H groups in total. The highest BCUT2D eigenvalue weighted by atomic mass is 16.5. The van der Waals surface area contributed by atoms with Crippen molar-refractivity contribution in [2.75, 3.05) is 26.2 Å². The lowest BCUT2D eigenvalue weighted by molar-refractivity contribution is 0.151. The smallest absolute Gasteiger partial charge is 0.119 e. The second kappa shape index (κ2) is 8.69. The molecule has 0 spiro atoms. The molecule has 0 unspecified atom stereocenters. The molecule has 114 valence electrons. The van der Waals surface area contributed by atoms with Crippen molar-refractivity contribution in [2.24, 2.45) is 5.92 Å². The molecule has 0 radical (unpaired) electrons. The average molecular weight is 286 g/mol. The third-order valence-electron chi connectivity index (χ3n) is 4.29. The molecule has 1 heterocycles. The van der Waals surface area contributed by atoms with Crippen LogP contribution >= 0.6 is 0 Å². The van der Waals surface area contributed by atoms with E-state index in [-0.39, 0.29) is 0 Å². The van der Waals surface area contributed by atoms with E-state index in [1.54, 1.807) is 0 Å². The van der Waals surface area contributed by atoms with E-state index in [1.807, 2.05) is 24.3 Å². The molecule has 2 rings (SSSR count). The number of benzene rings is 1. The molecule has 0 amide bonds. The van der Waals surface area contributed by atoms with Gasteiger partial charge in [0.05, 0.1) is 12.5 Å². The van der Waals surface area contributed by atoms with Gasteiger partial charge in [-0.05, 0) is 49.5 Å². The molecule has 0 aromatic heterocycles. The van der Waals surface area contributed by atoms with Crippen LogP contribution < -0.4 is 4.74 Å². The fraction of sp³-hybridized carbons (Fsp3) is 0.611. The molecule has 21 heavy (non-hydrogen) atoms. The van der Waals surface area contributed by atoms with Gasteiger partial charge in [-0.25, -0.2) is 0 Å². The van der Waals surface area contributed by atoms with Crippen LogP contribution in [0.3, 0.4) is 0 Å². The Labute approximate surface area is 128 Å². The Bertz CT molecular complexity index is 441. The topological polar surface area (TPSA) is 36.3 Å². The largest absolute Gasteiger partial charge is 0.492 e. The standard InChI is InChI=1S/C18H26N2O/c1-2-3-16-9-12-20(13-10-16)14-15-21-18-6-4-17(5-7-18)8-11-19/h4-7,16H,2-3,8-10,12-15H2,1H3. The first kappa shape index (κ1) is 15.9. The van der Waals surface area contributed by atoms with E-state index in [0.717, 1.165) is 30.4 Å². The minimum absolute atomic E-state index is 0.465. The first-order valence-corrected chi connectivity index (χ1v) is 8.13. The molecule has 3 heteroatoms. The Balaban J connectivity index is 1.64. The number of rotatable bonds is 7. The van der Waals surface area contributed by atoms with Crippen LogP contribution in [0.15, 0.2) is 24.3 Å². The zero-order valence-corrected chi connectivity index (χ0v) is 13.1. The zero-order valence-electron chi connectivity index (χ0n) is 13.1. The number of hydrogen-bond donors (Lipinski definition) is 0.